The number of nitrogens with one attached hydrogen (secondary N) is 1. The molecule has 0 saturated carbocycles. The van der Waals surface area contributed by atoms with E-state index in [0.717, 1.165) is 5.56 Å². The Morgan fingerprint density at radius 3 is 2.67 bits per heavy atom. The number of amides is 1. The Kier molecular flexibility index (Phi) is 4.71. The molecule has 6 nitrogen and oxygen atoms in total. The molecule has 1 heterocycles. The van der Waals surface area contributed by atoms with Crippen LogP contribution in [-0.4, -0.2) is 28.7 Å². The molecule has 6 heteroatoms. The van der Waals surface area contributed by atoms with Crippen LogP contribution in [0.15, 0.2) is 40.9 Å². The van der Waals surface area contributed by atoms with E-state index in [2.05, 4.69) is 10.5 Å². The number of aromatic nitrogens is 1. The summed E-state index contributed by atoms with van der Waals surface area (Å²) in [4.78, 5) is 22.8. The lowest BCUT2D eigenvalue weighted by Gasteiger charge is -2.09. The van der Waals surface area contributed by atoms with Crippen molar-refractivity contribution >= 4 is 11.9 Å². The highest BCUT2D eigenvalue weighted by Crippen LogP contribution is 2.19. The predicted molar refractivity (Wildman–Crippen MR) is 75.7 cm³/mol. The number of hydrogen-bond donors (Lipinski definition) is 2. The van der Waals surface area contributed by atoms with Crippen LogP contribution in [0.3, 0.4) is 0 Å². The Hall–Kier alpha value is -2.63. The van der Waals surface area contributed by atoms with Crippen molar-refractivity contribution < 1.29 is 19.2 Å². The zero-order valence-corrected chi connectivity index (χ0v) is 11.6. The van der Waals surface area contributed by atoms with Crippen molar-refractivity contribution in [2.24, 2.45) is 5.92 Å². The average Bonchev–Trinajstić information content (AvgIpc) is 2.98. The predicted octanol–water partition coefficient (Wildman–Crippen LogP) is 2.18. The van der Waals surface area contributed by atoms with Gasteiger partial charge in [0.15, 0.2) is 11.5 Å². The van der Waals surface area contributed by atoms with E-state index in [9.17, 15) is 9.59 Å². The monoisotopic (exact) mass is 288 g/mol. The van der Waals surface area contributed by atoms with E-state index >= 15 is 0 Å². The van der Waals surface area contributed by atoms with Crippen molar-refractivity contribution in [3.05, 3.63) is 42.1 Å². The molecule has 110 valence electrons. The van der Waals surface area contributed by atoms with Gasteiger partial charge in [-0.3, -0.25) is 9.59 Å². The molecule has 0 radical (unpaired) electrons. The molecule has 0 fully saturated rings. The fourth-order valence-corrected chi connectivity index (χ4v) is 1.83. The minimum absolute atomic E-state index is 0.0677. The molecular formula is C15H16N2O4. The van der Waals surface area contributed by atoms with E-state index < -0.39 is 17.8 Å². The van der Waals surface area contributed by atoms with E-state index in [4.69, 9.17) is 9.63 Å². The van der Waals surface area contributed by atoms with Gasteiger partial charge in [0.2, 0.25) is 0 Å². The zero-order valence-electron chi connectivity index (χ0n) is 11.6. The molecular weight excluding hydrogens is 272 g/mol. The van der Waals surface area contributed by atoms with E-state index in [-0.39, 0.29) is 12.2 Å². The van der Waals surface area contributed by atoms with Gasteiger partial charge < -0.3 is 14.9 Å². The summed E-state index contributed by atoms with van der Waals surface area (Å²) in [6.07, 6.45) is 0.448. The first kappa shape index (κ1) is 14.8. The fraction of sp³-hybridized carbons (Fsp3) is 0.267. The second kappa shape index (κ2) is 6.69. The van der Waals surface area contributed by atoms with Gasteiger partial charge in [-0.25, -0.2) is 0 Å². The maximum Gasteiger partial charge on any atom is 0.308 e. The molecule has 0 bridgehead atoms. The van der Waals surface area contributed by atoms with Gasteiger partial charge in [0.25, 0.3) is 5.91 Å². The number of carboxylic acid groups (broad SMARTS) is 1. The highest BCUT2D eigenvalue weighted by atomic mass is 16.5. The largest absolute Gasteiger partial charge is 0.481 e. The van der Waals surface area contributed by atoms with Crippen LogP contribution < -0.4 is 5.32 Å². The molecule has 1 amide bonds. The van der Waals surface area contributed by atoms with Gasteiger partial charge in [0, 0.05) is 18.2 Å². The maximum atomic E-state index is 11.9. The summed E-state index contributed by atoms with van der Waals surface area (Å²) in [5.41, 5.74) is 0.954. The molecule has 0 aliphatic rings. The SMILES string of the molecule is CCC(CNC(=O)c1cc(-c2ccccc2)on1)C(=O)O. The second-order valence-corrected chi connectivity index (χ2v) is 4.60. The average molecular weight is 288 g/mol. The molecule has 0 aliphatic heterocycles. The Bertz CT molecular complexity index is 622. The second-order valence-electron chi connectivity index (χ2n) is 4.60. The first-order valence-corrected chi connectivity index (χ1v) is 6.65. The molecule has 1 atom stereocenters. The molecule has 1 aromatic heterocycles. The topological polar surface area (TPSA) is 92.4 Å². The molecule has 21 heavy (non-hydrogen) atoms. The third-order valence-electron chi connectivity index (χ3n) is 3.15. The number of aliphatic carboxylic acids is 1. The van der Waals surface area contributed by atoms with Gasteiger partial charge >= 0.3 is 5.97 Å². The van der Waals surface area contributed by atoms with Crippen molar-refractivity contribution in [3.63, 3.8) is 0 Å². The maximum absolute atomic E-state index is 11.9. The summed E-state index contributed by atoms with van der Waals surface area (Å²) in [6.45, 7) is 1.83. The first-order valence-electron chi connectivity index (χ1n) is 6.65. The number of nitrogens with zero attached hydrogens (tertiary/aromatic N) is 1. The highest BCUT2D eigenvalue weighted by molar-refractivity contribution is 5.93. The number of benzene rings is 1. The number of hydrogen-bond acceptors (Lipinski definition) is 4. The number of carbonyl (C=O) groups excluding carboxylic acids is 1. The van der Waals surface area contributed by atoms with Crippen LogP contribution in [0.2, 0.25) is 0 Å². The molecule has 1 aromatic carbocycles. The molecule has 2 N–H and O–H groups in total. The quantitative estimate of drug-likeness (QED) is 0.850. The molecule has 1 unspecified atom stereocenters. The van der Waals surface area contributed by atoms with Gasteiger partial charge in [-0.05, 0) is 6.42 Å². The number of rotatable bonds is 6. The fourth-order valence-electron chi connectivity index (χ4n) is 1.83. The van der Waals surface area contributed by atoms with Gasteiger partial charge in [-0.2, -0.15) is 0 Å². The van der Waals surface area contributed by atoms with E-state index in [1.54, 1.807) is 6.92 Å². The minimum Gasteiger partial charge on any atom is -0.481 e. The summed E-state index contributed by atoms with van der Waals surface area (Å²) in [7, 11) is 0. The van der Waals surface area contributed by atoms with Crippen molar-refractivity contribution in [2.45, 2.75) is 13.3 Å². The van der Waals surface area contributed by atoms with Gasteiger partial charge in [-0.15, -0.1) is 0 Å². The minimum atomic E-state index is -0.928. The summed E-state index contributed by atoms with van der Waals surface area (Å²) >= 11 is 0. The molecule has 2 aromatic rings. The summed E-state index contributed by atoms with van der Waals surface area (Å²) in [5.74, 6) is -1.48. The van der Waals surface area contributed by atoms with E-state index in [1.165, 1.54) is 6.07 Å². The number of carboxylic acids is 1. The van der Waals surface area contributed by atoms with Gasteiger partial charge in [0.1, 0.15) is 0 Å². The van der Waals surface area contributed by atoms with Crippen LogP contribution in [0.1, 0.15) is 23.8 Å². The summed E-state index contributed by atoms with van der Waals surface area (Å²) in [6, 6.07) is 10.8. The van der Waals surface area contributed by atoms with Crippen LogP contribution in [0.5, 0.6) is 0 Å². The van der Waals surface area contributed by atoms with Crippen molar-refractivity contribution in [2.75, 3.05) is 6.54 Å². The molecule has 0 aliphatic carbocycles. The molecule has 0 spiro atoms. The lowest BCUT2D eigenvalue weighted by Crippen LogP contribution is -2.32. The third-order valence-corrected chi connectivity index (χ3v) is 3.15. The highest BCUT2D eigenvalue weighted by Gasteiger charge is 2.18. The Morgan fingerprint density at radius 2 is 2.05 bits per heavy atom. The Morgan fingerprint density at radius 1 is 1.33 bits per heavy atom. The summed E-state index contributed by atoms with van der Waals surface area (Å²) in [5, 5.41) is 15.2. The lowest BCUT2D eigenvalue weighted by molar-refractivity contribution is -0.141. The number of carbonyl (C=O) groups is 2. The smallest absolute Gasteiger partial charge is 0.308 e. The standard InChI is InChI=1S/C15H16N2O4/c1-2-10(15(19)20)9-16-14(18)12-8-13(21-17-12)11-6-4-3-5-7-11/h3-8,10H,2,9H2,1H3,(H,16,18)(H,19,20). The zero-order chi connectivity index (χ0) is 15.2. The van der Waals surface area contributed by atoms with Crippen molar-refractivity contribution in [3.8, 4) is 11.3 Å². The van der Waals surface area contributed by atoms with E-state index in [1.807, 2.05) is 30.3 Å². The first-order chi connectivity index (χ1) is 10.1. The Labute approximate surface area is 121 Å². The van der Waals surface area contributed by atoms with Crippen molar-refractivity contribution in [1.29, 1.82) is 0 Å². The molecule has 0 saturated heterocycles. The van der Waals surface area contributed by atoms with Crippen molar-refractivity contribution in [1.82, 2.24) is 10.5 Å². The van der Waals surface area contributed by atoms with Crippen LogP contribution in [-0.2, 0) is 4.79 Å². The van der Waals surface area contributed by atoms with Gasteiger partial charge in [0.05, 0.1) is 5.92 Å². The third kappa shape index (κ3) is 3.68. The Balaban J connectivity index is 2.01. The van der Waals surface area contributed by atoms with E-state index in [0.29, 0.717) is 12.2 Å². The summed E-state index contributed by atoms with van der Waals surface area (Å²) < 4.78 is 5.13. The van der Waals surface area contributed by atoms with Crippen LogP contribution in [0.4, 0.5) is 0 Å². The van der Waals surface area contributed by atoms with Crippen LogP contribution in [0, 0.1) is 5.92 Å². The molecule has 2 rings (SSSR count). The van der Waals surface area contributed by atoms with Crippen LogP contribution >= 0.6 is 0 Å². The van der Waals surface area contributed by atoms with Gasteiger partial charge in [-0.1, -0.05) is 42.4 Å². The lowest BCUT2D eigenvalue weighted by atomic mass is 10.1. The normalized spacial score (nSPS) is 11.9. The van der Waals surface area contributed by atoms with Crippen LogP contribution in [0.25, 0.3) is 11.3 Å².